The number of hydrazine groups is 1. The van der Waals surface area contributed by atoms with Gasteiger partial charge < -0.3 is 0 Å². The highest BCUT2D eigenvalue weighted by Gasteiger charge is 2.33. The molecule has 0 aromatic rings. The average Bonchev–Trinajstić information content (AvgIpc) is 2.56. The molecule has 0 aromatic heterocycles. The lowest BCUT2D eigenvalue weighted by molar-refractivity contribution is -0.119. The predicted octanol–water partition coefficient (Wildman–Crippen LogP) is 1.27. The van der Waals surface area contributed by atoms with Gasteiger partial charge in [-0.2, -0.15) is 0 Å². The monoisotopic (exact) mass is 188 g/mol. The largest absolute Gasteiger partial charge is 0.299 e. The van der Waals surface area contributed by atoms with Crippen molar-refractivity contribution < 1.29 is 4.79 Å². The average molecular weight is 188 g/mol. The van der Waals surface area contributed by atoms with Gasteiger partial charge in [0.05, 0.1) is 11.7 Å². The van der Waals surface area contributed by atoms with Gasteiger partial charge in [0, 0.05) is 19.0 Å². The standard InChI is InChI=1S/C11H12N2O/c14-8-4-5-10-9(7-8)11-3-1-2-6-13(11)12-10/h1-3,6,10,12H,4-5,7H2. The SMILES string of the molecule is O=C1CCC2NN3C=CC=CC3=C2C1. The topological polar surface area (TPSA) is 32.3 Å². The summed E-state index contributed by atoms with van der Waals surface area (Å²) in [4.78, 5) is 11.4. The minimum Gasteiger partial charge on any atom is -0.299 e. The lowest BCUT2D eigenvalue weighted by atomic mass is 9.89. The molecule has 2 aliphatic heterocycles. The molecule has 1 unspecified atom stereocenters. The van der Waals surface area contributed by atoms with Crippen molar-refractivity contribution >= 4 is 5.78 Å². The number of nitrogens with one attached hydrogen (secondary N) is 1. The van der Waals surface area contributed by atoms with Crippen LogP contribution in [0.25, 0.3) is 0 Å². The van der Waals surface area contributed by atoms with Gasteiger partial charge >= 0.3 is 0 Å². The zero-order valence-electron chi connectivity index (χ0n) is 7.86. The Morgan fingerprint density at radius 2 is 2.36 bits per heavy atom. The van der Waals surface area contributed by atoms with E-state index in [4.69, 9.17) is 0 Å². The number of hydrogen-bond acceptors (Lipinski definition) is 3. The number of Topliss-reactive ketones (excluding diaryl/α,β-unsaturated/α-hetero) is 1. The number of fused-ring (bicyclic) bond motifs is 2. The third kappa shape index (κ3) is 1.06. The lowest BCUT2D eigenvalue weighted by Gasteiger charge is -2.20. The second kappa shape index (κ2) is 2.82. The Bertz CT molecular complexity index is 379. The molecule has 0 radical (unpaired) electrons. The highest BCUT2D eigenvalue weighted by molar-refractivity contribution is 5.83. The highest BCUT2D eigenvalue weighted by atomic mass is 16.1. The lowest BCUT2D eigenvalue weighted by Crippen LogP contribution is -2.36. The van der Waals surface area contributed by atoms with Crippen LogP contribution in [0.15, 0.2) is 35.7 Å². The van der Waals surface area contributed by atoms with Gasteiger partial charge in [-0.05, 0) is 24.1 Å². The number of hydrogen-bond donors (Lipinski definition) is 1. The quantitative estimate of drug-likeness (QED) is 0.621. The van der Waals surface area contributed by atoms with E-state index >= 15 is 0 Å². The van der Waals surface area contributed by atoms with Crippen molar-refractivity contribution in [3.8, 4) is 0 Å². The summed E-state index contributed by atoms with van der Waals surface area (Å²) in [6.07, 6.45) is 10.4. The van der Waals surface area contributed by atoms with E-state index in [-0.39, 0.29) is 0 Å². The molecule has 72 valence electrons. The molecular formula is C11H12N2O. The highest BCUT2D eigenvalue weighted by Crippen LogP contribution is 2.32. The minimum absolute atomic E-state index is 0.371. The van der Waals surface area contributed by atoms with Crippen molar-refractivity contribution in [1.82, 2.24) is 10.4 Å². The predicted molar refractivity (Wildman–Crippen MR) is 52.9 cm³/mol. The third-order valence-electron chi connectivity index (χ3n) is 3.00. The van der Waals surface area contributed by atoms with Gasteiger partial charge in [0.1, 0.15) is 5.78 Å². The zero-order valence-corrected chi connectivity index (χ0v) is 7.86. The molecule has 1 fully saturated rings. The fourth-order valence-corrected chi connectivity index (χ4v) is 2.30. The van der Waals surface area contributed by atoms with E-state index in [0.717, 1.165) is 12.8 Å². The van der Waals surface area contributed by atoms with Gasteiger partial charge in [-0.15, -0.1) is 0 Å². The van der Waals surface area contributed by atoms with Gasteiger partial charge in [-0.25, -0.2) is 5.43 Å². The van der Waals surface area contributed by atoms with Crippen LogP contribution >= 0.6 is 0 Å². The second-order valence-electron chi connectivity index (χ2n) is 3.92. The van der Waals surface area contributed by atoms with Gasteiger partial charge in [-0.1, -0.05) is 6.08 Å². The molecular weight excluding hydrogens is 176 g/mol. The van der Waals surface area contributed by atoms with Crippen molar-refractivity contribution in [3.63, 3.8) is 0 Å². The smallest absolute Gasteiger partial charge is 0.137 e. The summed E-state index contributed by atoms with van der Waals surface area (Å²) in [6.45, 7) is 0. The van der Waals surface area contributed by atoms with Gasteiger partial charge in [-0.3, -0.25) is 9.80 Å². The maximum absolute atomic E-state index is 11.4. The van der Waals surface area contributed by atoms with Crippen LogP contribution in [0.5, 0.6) is 0 Å². The van der Waals surface area contributed by atoms with E-state index in [1.54, 1.807) is 0 Å². The molecule has 14 heavy (non-hydrogen) atoms. The first-order valence-electron chi connectivity index (χ1n) is 4.99. The summed E-state index contributed by atoms with van der Waals surface area (Å²) in [6, 6.07) is 0.384. The molecule has 1 saturated carbocycles. The van der Waals surface area contributed by atoms with Crippen LogP contribution in [-0.2, 0) is 4.79 Å². The maximum Gasteiger partial charge on any atom is 0.137 e. The van der Waals surface area contributed by atoms with Crippen molar-refractivity contribution in [2.45, 2.75) is 25.3 Å². The van der Waals surface area contributed by atoms with E-state index in [9.17, 15) is 4.79 Å². The Morgan fingerprint density at radius 3 is 3.29 bits per heavy atom. The van der Waals surface area contributed by atoms with Crippen LogP contribution in [0.4, 0.5) is 0 Å². The second-order valence-corrected chi connectivity index (χ2v) is 3.92. The molecule has 0 bridgehead atoms. The van der Waals surface area contributed by atoms with E-state index < -0.39 is 0 Å². The Kier molecular flexibility index (Phi) is 1.61. The Hall–Kier alpha value is -1.35. The molecule has 2 heterocycles. The molecule has 1 atom stereocenters. The Morgan fingerprint density at radius 1 is 1.43 bits per heavy atom. The fraction of sp³-hybridized carbons (Fsp3) is 0.364. The summed E-state index contributed by atoms with van der Waals surface area (Å²) in [5.74, 6) is 0.371. The Balaban J connectivity index is 2.01. The van der Waals surface area contributed by atoms with Crippen LogP contribution in [0.2, 0.25) is 0 Å². The first-order chi connectivity index (χ1) is 6.84. The number of carbonyl (C=O) groups excluding carboxylic acids is 1. The molecule has 3 rings (SSSR count). The summed E-state index contributed by atoms with van der Waals surface area (Å²) < 4.78 is 0. The molecule has 0 amide bonds. The number of allylic oxidation sites excluding steroid dienone is 3. The summed E-state index contributed by atoms with van der Waals surface area (Å²) in [5.41, 5.74) is 5.82. The zero-order chi connectivity index (χ0) is 9.54. The minimum atomic E-state index is 0.371. The number of nitrogens with zero attached hydrogens (tertiary/aromatic N) is 1. The molecule has 3 aliphatic rings. The van der Waals surface area contributed by atoms with Gasteiger partial charge in [0.25, 0.3) is 0 Å². The van der Waals surface area contributed by atoms with Crippen molar-refractivity contribution in [2.75, 3.05) is 0 Å². The first kappa shape index (κ1) is 8.00. The van der Waals surface area contributed by atoms with E-state index in [2.05, 4.69) is 11.5 Å². The van der Waals surface area contributed by atoms with E-state index in [1.807, 2.05) is 23.4 Å². The molecule has 3 nitrogen and oxygen atoms in total. The maximum atomic E-state index is 11.4. The number of carbonyl (C=O) groups is 1. The van der Waals surface area contributed by atoms with Gasteiger partial charge in [0.2, 0.25) is 0 Å². The normalized spacial score (nSPS) is 29.6. The summed E-state index contributed by atoms with van der Waals surface area (Å²) >= 11 is 0. The van der Waals surface area contributed by atoms with Crippen molar-refractivity contribution in [1.29, 1.82) is 0 Å². The van der Waals surface area contributed by atoms with Crippen LogP contribution in [-0.4, -0.2) is 16.8 Å². The molecule has 0 spiro atoms. The Labute approximate surface area is 82.7 Å². The first-order valence-corrected chi connectivity index (χ1v) is 4.99. The molecule has 0 aromatic carbocycles. The van der Waals surface area contributed by atoms with Crippen molar-refractivity contribution in [3.05, 3.63) is 35.7 Å². The summed E-state index contributed by atoms with van der Waals surface area (Å²) in [7, 11) is 0. The molecule has 3 heteroatoms. The number of rotatable bonds is 0. The third-order valence-corrected chi connectivity index (χ3v) is 3.00. The number of ketones is 1. The van der Waals surface area contributed by atoms with Crippen LogP contribution < -0.4 is 5.43 Å². The fourth-order valence-electron chi connectivity index (χ4n) is 2.30. The molecule has 1 aliphatic carbocycles. The van der Waals surface area contributed by atoms with E-state index in [0.29, 0.717) is 18.2 Å². The summed E-state index contributed by atoms with van der Waals surface area (Å²) in [5, 5.41) is 2.03. The van der Waals surface area contributed by atoms with Crippen LogP contribution in [0, 0.1) is 0 Å². The van der Waals surface area contributed by atoms with Crippen LogP contribution in [0.1, 0.15) is 19.3 Å². The van der Waals surface area contributed by atoms with Crippen LogP contribution in [0.3, 0.4) is 0 Å². The van der Waals surface area contributed by atoms with Crippen molar-refractivity contribution in [2.24, 2.45) is 0 Å². The molecule has 0 saturated heterocycles. The van der Waals surface area contributed by atoms with Gasteiger partial charge in [0.15, 0.2) is 0 Å². The molecule has 1 N–H and O–H groups in total. The van der Waals surface area contributed by atoms with E-state index in [1.165, 1.54) is 11.3 Å².